The first-order valence-corrected chi connectivity index (χ1v) is 7.27. The van der Waals surface area contributed by atoms with Crippen LogP contribution in [0.3, 0.4) is 0 Å². The molecule has 1 N–H and O–H groups in total. The number of fused-ring (bicyclic) bond motifs is 1. The van der Waals surface area contributed by atoms with Crippen LogP contribution in [0.1, 0.15) is 18.9 Å². The first-order valence-electron chi connectivity index (χ1n) is 7.27. The molecular weight excluding hydrogens is 268 g/mol. The van der Waals surface area contributed by atoms with Crippen LogP contribution in [0.2, 0.25) is 0 Å². The molecule has 0 saturated carbocycles. The topological polar surface area (TPSA) is 61.2 Å². The third-order valence-electron chi connectivity index (χ3n) is 3.61. The van der Waals surface area contributed by atoms with Crippen molar-refractivity contribution < 1.29 is 9.47 Å². The normalized spacial score (nSPS) is 14.3. The fourth-order valence-electron chi connectivity index (χ4n) is 2.36. The van der Waals surface area contributed by atoms with Crippen molar-refractivity contribution in [1.29, 1.82) is 0 Å². The van der Waals surface area contributed by atoms with E-state index in [4.69, 9.17) is 9.47 Å². The van der Waals surface area contributed by atoms with E-state index < -0.39 is 0 Å². The van der Waals surface area contributed by atoms with E-state index in [-0.39, 0.29) is 0 Å². The van der Waals surface area contributed by atoms with Gasteiger partial charge in [-0.15, -0.1) is 5.10 Å². The lowest BCUT2D eigenvalue weighted by Gasteiger charge is -2.13. The van der Waals surface area contributed by atoms with Crippen molar-refractivity contribution in [3.63, 3.8) is 0 Å². The summed E-state index contributed by atoms with van der Waals surface area (Å²) in [7, 11) is 0. The highest BCUT2D eigenvalue weighted by atomic mass is 16.7. The summed E-state index contributed by atoms with van der Waals surface area (Å²) in [4.78, 5) is 0. The molecule has 0 fully saturated rings. The average Bonchev–Trinajstić information content (AvgIpc) is 3.15. The van der Waals surface area contributed by atoms with Gasteiger partial charge >= 0.3 is 0 Å². The van der Waals surface area contributed by atoms with Crippen LogP contribution in [0.4, 0.5) is 0 Å². The maximum atomic E-state index is 5.40. The second kappa shape index (κ2) is 6.58. The van der Waals surface area contributed by atoms with Gasteiger partial charge in [0.2, 0.25) is 6.79 Å². The zero-order valence-electron chi connectivity index (χ0n) is 12.2. The second-order valence-electron chi connectivity index (χ2n) is 5.25. The van der Waals surface area contributed by atoms with Crippen molar-refractivity contribution in [3.05, 3.63) is 36.2 Å². The highest BCUT2D eigenvalue weighted by Gasteiger charge is 2.13. The Morgan fingerprint density at radius 2 is 2.24 bits per heavy atom. The molecule has 21 heavy (non-hydrogen) atoms. The van der Waals surface area contributed by atoms with Crippen molar-refractivity contribution in [2.75, 3.05) is 13.3 Å². The molecule has 0 bridgehead atoms. The molecule has 0 amide bonds. The van der Waals surface area contributed by atoms with Crippen molar-refractivity contribution >= 4 is 0 Å². The van der Waals surface area contributed by atoms with Crippen molar-refractivity contribution in [3.8, 4) is 11.5 Å². The molecule has 6 nitrogen and oxygen atoms in total. The summed E-state index contributed by atoms with van der Waals surface area (Å²) in [6.07, 6.45) is 5.67. The molecule has 0 radical (unpaired) electrons. The summed E-state index contributed by atoms with van der Waals surface area (Å²) in [5.74, 6) is 1.71. The minimum absolute atomic E-state index is 0.332. The molecule has 1 aromatic heterocycles. The minimum Gasteiger partial charge on any atom is -0.454 e. The third kappa shape index (κ3) is 3.72. The van der Waals surface area contributed by atoms with E-state index in [0.29, 0.717) is 12.8 Å². The summed E-state index contributed by atoms with van der Waals surface area (Å²) >= 11 is 0. The van der Waals surface area contributed by atoms with Crippen LogP contribution in [0, 0.1) is 0 Å². The van der Waals surface area contributed by atoms with E-state index in [9.17, 15) is 0 Å². The van der Waals surface area contributed by atoms with Gasteiger partial charge in [0.05, 0.1) is 12.7 Å². The Morgan fingerprint density at radius 1 is 1.33 bits per heavy atom. The fourth-order valence-corrected chi connectivity index (χ4v) is 2.36. The van der Waals surface area contributed by atoms with Crippen LogP contribution in [-0.2, 0) is 13.0 Å². The van der Waals surface area contributed by atoms with Crippen molar-refractivity contribution in [2.24, 2.45) is 0 Å². The van der Waals surface area contributed by atoms with Gasteiger partial charge in [-0.25, -0.2) is 0 Å². The highest BCUT2D eigenvalue weighted by molar-refractivity contribution is 5.44. The molecule has 0 spiro atoms. The molecule has 1 atom stereocenters. The summed E-state index contributed by atoms with van der Waals surface area (Å²) in [6, 6.07) is 6.62. The number of benzene rings is 1. The first kappa shape index (κ1) is 13.9. The van der Waals surface area contributed by atoms with Crippen LogP contribution < -0.4 is 14.8 Å². The quantitative estimate of drug-likeness (QED) is 0.839. The van der Waals surface area contributed by atoms with Gasteiger partial charge in [-0.05, 0) is 37.5 Å². The molecule has 2 aromatic rings. The molecule has 3 rings (SSSR count). The van der Waals surface area contributed by atoms with Gasteiger partial charge in [-0.3, -0.25) is 4.68 Å². The smallest absolute Gasteiger partial charge is 0.231 e. The molecule has 1 aliphatic heterocycles. The predicted molar refractivity (Wildman–Crippen MR) is 78.4 cm³/mol. The lowest BCUT2D eigenvalue weighted by Crippen LogP contribution is -2.29. The number of aryl methyl sites for hydroxylation is 1. The maximum Gasteiger partial charge on any atom is 0.231 e. The van der Waals surface area contributed by atoms with E-state index in [1.54, 1.807) is 6.20 Å². The van der Waals surface area contributed by atoms with E-state index in [1.165, 1.54) is 5.56 Å². The molecule has 1 unspecified atom stereocenters. The van der Waals surface area contributed by atoms with Gasteiger partial charge in [-0.1, -0.05) is 11.3 Å². The largest absolute Gasteiger partial charge is 0.454 e. The Kier molecular flexibility index (Phi) is 4.35. The monoisotopic (exact) mass is 288 g/mol. The summed E-state index contributed by atoms with van der Waals surface area (Å²) in [6.45, 7) is 4.27. The zero-order chi connectivity index (χ0) is 14.5. The van der Waals surface area contributed by atoms with Crippen LogP contribution in [0.15, 0.2) is 30.6 Å². The van der Waals surface area contributed by atoms with Crippen LogP contribution in [0.25, 0.3) is 0 Å². The van der Waals surface area contributed by atoms with Crippen LogP contribution in [0.5, 0.6) is 11.5 Å². The van der Waals surface area contributed by atoms with Gasteiger partial charge in [-0.2, -0.15) is 0 Å². The van der Waals surface area contributed by atoms with Gasteiger partial charge in [0.25, 0.3) is 0 Å². The molecule has 1 aromatic carbocycles. The summed E-state index contributed by atoms with van der Waals surface area (Å²) < 4.78 is 12.5. The predicted octanol–water partition coefficient (Wildman–Crippen LogP) is 1.62. The number of rotatable bonds is 7. The molecule has 0 saturated heterocycles. The number of ether oxygens (including phenoxy) is 2. The van der Waals surface area contributed by atoms with Gasteiger partial charge in [0, 0.05) is 18.8 Å². The van der Waals surface area contributed by atoms with Gasteiger partial charge in [0.1, 0.15) is 0 Å². The number of nitrogens with zero attached hydrogens (tertiary/aromatic N) is 3. The second-order valence-corrected chi connectivity index (χ2v) is 5.25. The van der Waals surface area contributed by atoms with E-state index >= 15 is 0 Å². The number of hydrogen-bond acceptors (Lipinski definition) is 5. The Balaban J connectivity index is 1.40. The standard InChI is InChI=1S/C15H20N4O2/c1-12(16-6-8-19-9-7-17-18-19)2-3-13-4-5-14-15(10-13)21-11-20-14/h4-5,7,9-10,12,16H,2-3,6,8,11H2,1H3. The van der Waals surface area contributed by atoms with Crippen molar-refractivity contribution in [2.45, 2.75) is 32.4 Å². The lowest BCUT2D eigenvalue weighted by atomic mass is 10.1. The zero-order valence-corrected chi connectivity index (χ0v) is 12.2. The molecular formula is C15H20N4O2. The van der Waals surface area contributed by atoms with Gasteiger partial charge in [0.15, 0.2) is 11.5 Å². The van der Waals surface area contributed by atoms with Crippen molar-refractivity contribution in [1.82, 2.24) is 20.3 Å². The molecule has 112 valence electrons. The average molecular weight is 288 g/mol. The maximum absolute atomic E-state index is 5.40. The summed E-state index contributed by atoms with van der Waals surface area (Å²) in [5, 5.41) is 11.2. The fraction of sp³-hybridized carbons (Fsp3) is 0.467. The molecule has 1 aliphatic rings. The molecule has 6 heteroatoms. The Bertz CT molecular complexity index is 571. The number of aromatic nitrogens is 3. The molecule has 0 aliphatic carbocycles. The lowest BCUT2D eigenvalue weighted by molar-refractivity contribution is 0.174. The SMILES string of the molecule is CC(CCc1ccc2c(c1)OCO2)NCCn1ccnn1. The highest BCUT2D eigenvalue weighted by Crippen LogP contribution is 2.32. The Labute approximate surface area is 124 Å². The third-order valence-corrected chi connectivity index (χ3v) is 3.61. The Hall–Kier alpha value is -2.08. The summed E-state index contributed by atoms with van der Waals surface area (Å²) in [5.41, 5.74) is 1.28. The van der Waals surface area contributed by atoms with Crippen LogP contribution >= 0.6 is 0 Å². The first-order chi connectivity index (χ1) is 10.3. The number of hydrogen-bond donors (Lipinski definition) is 1. The van der Waals surface area contributed by atoms with Crippen LogP contribution in [-0.4, -0.2) is 34.4 Å². The Morgan fingerprint density at radius 3 is 3.10 bits per heavy atom. The minimum atomic E-state index is 0.332. The molecule has 2 heterocycles. The van der Waals surface area contributed by atoms with Gasteiger partial charge < -0.3 is 14.8 Å². The van der Waals surface area contributed by atoms with E-state index in [2.05, 4.69) is 34.7 Å². The van der Waals surface area contributed by atoms with E-state index in [1.807, 2.05) is 16.9 Å². The number of nitrogens with one attached hydrogen (secondary N) is 1. The van der Waals surface area contributed by atoms with E-state index in [0.717, 1.165) is 37.4 Å².